The third-order valence-corrected chi connectivity index (χ3v) is 18.0. The molecule has 12 heteroatoms. The second-order valence-corrected chi connectivity index (χ2v) is 23.4. The van der Waals surface area contributed by atoms with Gasteiger partial charge in [0, 0.05) is 55.7 Å². The third-order valence-electron chi connectivity index (χ3n) is 11.6. The molecular formula is C66H96O6S6. The molecule has 6 nitrogen and oxygen atoms in total. The van der Waals surface area contributed by atoms with Gasteiger partial charge in [-0.3, -0.25) is 0 Å². The van der Waals surface area contributed by atoms with E-state index in [1.165, 1.54) is 72.0 Å². The normalized spacial score (nSPS) is 10.1. The Morgan fingerprint density at radius 2 is 0.769 bits per heavy atom. The minimum Gasteiger partial charge on any atom is -0.460 e. The van der Waals surface area contributed by atoms with Gasteiger partial charge in [0.2, 0.25) is 0 Å². The molecule has 0 radical (unpaired) electrons. The molecule has 0 bridgehead atoms. The topological polar surface area (TPSA) is 78.8 Å². The van der Waals surface area contributed by atoms with E-state index in [2.05, 4.69) is 122 Å². The maximum Gasteiger partial charge on any atom is 0.148 e. The Bertz CT molecular complexity index is 3390. The second kappa shape index (κ2) is 35.2. The van der Waals surface area contributed by atoms with Gasteiger partial charge in [0.15, 0.2) is 0 Å². The average Bonchev–Trinajstić information content (AvgIpc) is 4.30. The van der Waals surface area contributed by atoms with Crippen molar-refractivity contribution in [1.82, 2.24) is 0 Å². The lowest BCUT2D eigenvalue weighted by atomic mass is 9.94. The van der Waals surface area contributed by atoms with Crippen LogP contribution in [0.15, 0.2) is 83.7 Å². The highest BCUT2D eigenvalue weighted by molar-refractivity contribution is 7.19. The Balaban J connectivity index is 0.000000450. The summed E-state index contributed by atoms with van der Waals surface area (Å²) in [5, 5.41) is 10.5. The minimum atomic E-state index is 0.124. The van der Waals surface area contributed by atoms with E-state index in [1.54, 1.807) is 68.0 Å². The van der Waals surface area contributed by atoms with Crippen molar-refractivity contribution < 1.29 is 26.5 Å². The Labute approximate surface area is 493 Å². The number of hydrogen-bond donors (Lipinski definition) is 0. The Morgan fingerprint density at radius 1 is 0.385 bits per heavy atom. The van der Waals surface area contributed by atoms with E-state index in [9.17, 15) is 0 Å². The van der Waals surface area contributed by atoms with E-state index in [4.69, 9.17) is 26.5 Å². The summed E-state index contributed by atoms with van der Waals surface area (Å²) in [6.07, 6.45) is 0.993. The predicted octanol–water partition coefficient (Wildman–Crippen LogP) is 26.7. The van der Waals surface area contributed by atoms with Crippen LogP contribution in [-0.2, 0) is 11.8 Å². The van der Waals surface area contributed by atoms with Gasteiger partial charge in [-0.2, -0.15) is 0 Å². The first-order valence-corrected chi connectivity index (χ1v) is 33.2. The van der Waals surface area contributed by atoms with E-state index in [0.717, 1.165) is 74.5 Å². The highest BCUT2D eigenvalue weighted by atomic mass is 32.1. The molecule has 12 heterocycles. The Hall–Kier alpha value is -4.56. The summed E-state index contributed by atoms with van der Waals surface area (Å²) in [4.78, 5) is 1.32. The van der Waals surface area contributed by atoms with Gasteiger partial charge in [0.1, 0.15) is 68.1 Å². The lowest BCUT2D eigenvalue weighted by Gasteiger charge is -2.13. The SMILES string of the molecule is CC.CC.CC.CC.CC.CC.CC(C)(C)c1cc2sccc2o1.CCc1oc2ccsc2c1C.Cc1cc2oc(C)c(C)c2s1.Cc1oc2c(C)csc2c1C.Cc1oc2c(C)csc2c1C.Cc1oc2ccsc2c1C. The molecule has 0 saturated heterocycles. The molecule has 12 aromatic rings. The van der Waals surface area contributed by atoms with Crippen LogP contribution in [0.1, 0.15) is 189 Å². The van der Waals surface area contributed by atoms with Crippen LogP contribution in [0, 0.1) is 83.1 Å². The molecule has 12 aromatic heterocycles. The van der Waals surface area contributed by atoms with Gasteiger partial charge in [0.25, 0.3) is 0 Å². The van der Waals surface area contributed by atoms with Gasteiger partial charge in [0.05, 0.1) is 28.2 Å². The fourth-order valence-electron chi connectivity index (χ4n) is 7.16. The van der Waals surface area contributed by atoms with Gasteiger partial charge in [-0.25, -0.2) is 0 Å². The van der Waals surface area contributed by atoms with Crippen LogP contribution < -0.4 is 0 Å². The van der Waals surface area contributed by atoms with Gasteiger partial charge in [-0.05, 0) is 140 Å². The number of fused-ring (bicyclic) bond motifs is 6. The standard InChI is InChI=1S/C10H12OS.4C9H10OS.C8H8OS.6C2H6/c1-10(2,3)9-6-8-7(11-9)4-5-12-8;2*1-5-4-11-9-6(2)7(3)10-8(5)9;1-5-4-8-9(11-5)6(2)7(3)10-8;1-3-7-6(2)9-8(10-7)4-5-11-9;1-5-6(2)9-7-3-4-10-8(5)7;6*1-2/h4-6H,1-3H3;3*4H,1-3H3;4-5H,3H2,1-2H3;3-4H,1-2H3;6*1-2H3. The van der Waals surface area contributed by atoms with Crippen molar-refractivity contribution in [3.63, 3.8) is 0 Å². The fraction of sp³-hybridized carbons (Fsp3) is 0.455. The quantitative estimate of drug-likeness (QED) is 0.163. The Kier molecular flexibility index (Phi) is 32.3. The van der Waals surface area contributed by atoms with Gasteiger partial charge in [-0.1, -0.05) is 111 Å². The van der Waals surface area contributed by atoms with Crippen LogP contribution in [0.25, 0.3) is 61.7 Å². The Morgan fingerprint density at radius 3 is 1.17 bits per heavy atom. The highest BCUT2D eigenvalue weighted by Gasteiger charge is 2.19. The minimum absolute atomic E-state index is 0.124. The zero-order valence-corrected chi connectivity index (χ0v) is 57.8. The molecule has 0 atom stereocenters. The van der Waals surface area contributed by atoms with Crippen LogP contribution in [0.2, 0.25) is 0 Å². The van der Waals surface area contributed by atoms with Crippen LogP contribution >= 0.6 is 68.0 Å². The van der Waals surface area contributed by atoms with Crippen molar-refractivity contribution >= 4 is 130 Å². The summed E-state index contributed by atoms with van der Waals surface area (Å²) < 4.78 is 41.2. The fourth-order valence-corrected chi connectivity index (χ4v) is 12.7. The lowest BCUT2D eigenvalue weighted by Crippen LogP contribution is -2.08. The highest BCUT2D eigenvalue weighted by Crippen LogP contribution is 2.36. The molecule has 0 fully saturated rings. The van der Waals surface area contributed by atoms with Gasteiger partial charge >= 0.3 is 0 Å². The summed E-state index contributed by atoms with van der Waals surface area (Å²) in [5.74, 6) is 6.40. The molecule has 0 unspecified atom stereocenters. The first kappa shape index (κ1) is 71.5. The molecular weight excluding hydrogens is 1080 g/mol. The zero-order chi connectivity index (χ0) is 59.8. The monoisotopic (exact) mass is 1180 g/mol. The van der Waals surface area contributed by atoms with Crippen LogP contribution in [-0.4, -0.2) is 0 Å². The number of furan rings is 6. The van der Waals surface area contributed by atoms with E-state index < -0.39 is 0 Å². The average molecular weight is 1180 g/mol. The molecule has 0 N–H and O–H groups in total. The van der Waals surface area contributed by atoms with E-state index in [1.807, 2.05) is 129 Å². The van der Waals surface area contributed by atoms with Crippen LogP contribution in [0.4, 0.5) is 0 Å². The van der Waals surface area contributed by atoms with Crippen molar-refractivity contribution in [3.05, 3.63) is 136 Å². The van der Waals surface area contributed by atoms with Crippen LogP contribution in [0.3, 0.4) is 0 Å². The van der Waals surface area contributed by atoms with Crippen molar-refractivity contribution in [2.75, 3.05) is 0 Å². The number of thiophene rings is 6. The molecule has 0 aliphatic heterocycles. The second-order valence-electron chi connectivity index (χ2n) is 17.6. The summed E-state index contributed by atoms with van der Waals surface area (Å²) in [7, 11) is 0. The summed E-state index contributed by atoms with van der Waals surface area (Å²) in [6, 6.07) is 10.3. The van der Waals surface area contributed by atoms with Crippen molar-refractivity contribution in [2.24, 2.45) is 0 Å². The molecule has 0 aromatic carbocycles. The molecule has 78 heavy (non-hydrogen) atoms. The number of aryl methyl sites for hydroxylation is 13. The third kappa shape index (κ3) is 18.2. The van der Waals surface area contributed by atoms with Crippen molar-refractivity contribution in [1.29, 1.82) is 0 Å². The first-order valence-electron chi connectivity index (χ1n) is 28.0. The van der Waals surface area contributed by atoms with E-state index in [-0.39, 0.29) is 5.41 Å². The lowest BCUT2D eigenvalue weighted by molar-refractivity contribution is 0.430. The zero-order valence-electron chi connectivity index (χ0n) is 52.9. The van der Waals surface area contributed by atoms with E-state index in [0.29, 0.717) is 0 Å². The molecule has 0 aliphatic carbocycles. The van der Waals surface area contributed by atoms with Crippen molar-refractivity contribution in [3.8, 4) is 0 Å². The largest absolute Gasteiger partial charge is 0.460 e. The van der Waals surface area contributed by atoms with E-state index >= 15 is 0 Å². The maximum absolute atomic E-state index is 5.68. The number of rotatable bonds is 1. The maximum atomic E-state index is 5.68. The molecule has 0 saturated carbocycles. The predicted molar refractivity (Wildman–Crippen MR) is 358 cm³/mol. The smallest absolute Gasteiger partial charge is 0.148 e. The summed E-state index contributed by atoms with van der Waals surface area (Å²) in [6.45, 7) is 57.5. The molecule has 0 amide bonds. The molecule has 12 rings (SSSR count). The van der Waals surface area contributed by atoms with Gasteiger partial charge < -0.3 is 26.5 Å². The molecule has 0 aliphatic rings. The summed E-state index contributed by atoms with van der Waals surface area (Å²) >= 11 is 10.6. The van der Waals surface area contributed by atoms with Crippen LogP contribution in [0.5, 0.6) is 0 Å². The summed E-state index contributed by atoms with van der Waals surface area (Å²) in [5.41, 5.74) is 15.4. The van der Waals surface area contributed by atoms with Gasteiger partial charge in [-0.15, -0.1) is 68.0 Å². The number of hydrogen-bond acceptors (Lipinski definition) is 12. The van der Waals surface area contributed by atoms with Crippen molar-refractivity contribution in [2.45, 2.75) is 206 Å². The molecule has 432 valence electrons. The molecule has 0 spiro atoms. The first-order chi connectivity index (χ1) is 37.3.